The highest BCUT2D eigenvalue weighted by molar-refractivity contribution is 5.83. The second-order valence-corrected chi connectivity index (χ2v) is 6.77. The molecular weight excluding hydrogens is 343 g/mol. The molecule has 0 bridgehead atoms. The molecule has 0 aliphatic heterocycles. The van der Waals surface area contributed by atoms with E-state index in [1.807, 2.05) is 12.1 Å². The van der Waals surface area contributed by atoms with Crippen LogP contribution >= 0.6 is 0 Å². The van der Waals surface area contributed by atoms with Gasteiger partial charge in [0, 0.05) is 29.4 Å². The Morgan fingerprint density at radius 1 is 1.00 bits per heavy atom. The molecule has 6 heteroatoms. The molecule has 2 aromatic heterocycles. The molecule has 0 unspecified atom stereocenters. The molecule has 1 fully saturated rings. The highest BCUT2D eigenvalue weighted by Gasteiger charge is 2.27. The summed E-state index contributed by atoms with van der Waals surface area (Å²) in [6.45, 7) is 0. The SMILES string of the molecule is O=C=Nn1nc(C2CCCCC2)c(-c2ccncc2)c1-c1ccc(F)cc1. The van der Waals surface area contributed by atoms with E-state index in [-0.39, 0.29) is 5.82 Å². The minimum Gasteiger partial charge on any atom is -0.265 e. The Labute approximate surface area is 156 Å². The van der Waals surface area contributed by atoms with Gasteiger partial charge in [0.15, 0.2) is 0 Å². The van der Waals surface area contributed by atoms with E-state index in [0.29, 0.717) is 11.6 Å². The molecule has 1 aliphatic carbocycles. The fourth-order valence-corrected chi connectivity index (χ4v) is 3.87. The molecule has 1 aliphatic rings. The van der Waals surface area contributed by atoms with Crippen LogP contribution < -0.4 is 0 Å². The topological polar surface area (TPSA) is 60.1 Å². The number of rotatable bonds is 4. The number of benzene rings is 1. The lowest BCUT2D eigenvalue weighted by molar-refractivity contribution is 0.434. The van der Waals surface area contributed by atoms with Crippen molar-refractivity contribution in [2.24, 2.45) is 5.10 Å². The van der Waals surface area contributed by atoms with Crippen LogP contribution in [0, 0.1) is 5.82 Å². The van der Waals surface area contributed by atoms with Crippen molar-refractivity contribution in [2.75, 3.05) is 0 Å². The van der Waals surface area contributed by atoms with E-state index in [0.717, 1.165) is 48.1 Å². The number of nitrogens with zero attached hydrogens (tertiary/aromatic N) is 4. The first-order valence-corrected chi connectivity index (χ1v) is 9.15. The van der Waals surface area contributed by atoms with E-state index in [1.165, 1.54) is 23.3 Å². The Morgan fingerprint density at radius 3 is 2.37 bits per heavy atom. The summed E-state index contributed by atoms with van der Waals surface area (Å²) in [6.07, 6.45) is 10.7. The molecule has 1 aromatic carbocycles. The summed E-state index contributed by atoms with van der Waals surface area (Å²) in [5, 5.41) is 8.47. The minimum absolute atomic E-state index is 0.309. The average Bonchev–Trinajstić information content (AvgIpc) is 3.09. The molecule has 2 heterocycles. The van der Waals surface area contributed by atoms with Crippen molar-refractivity contribution in [2.45, 2.75) is 38.0 Å². The van der Waals surface area contributed by atoms with E-state index >= 15 is 0 Å². The lowest BCUT2D eigenvalue weighted by atomic mass is 9.83. The standard InChI is InChI=1S/C21H19FN4O/c22-18-8-6-17(7-9-18)21-19(15-10-12-23-13-11-15)20(25-26(21)24-14-27)16-4-2-1-3-5-16/h6-13,16H,1-5H2. The van der Waals surface area contributed by atoms with E-state index in [2.05, 4.69) is 15.2 Å². The molecule has 27 heavy (non-hydrogen) atoms. The molecular formula is C21H19FN4O. The smallest absolute Gasteiger partial charge is 0.260 e. The van der Waals surface area contributed by atoms with Crippen molar-refractivity contribution in [3.8, 4) is 22.4 Å². The maximum absolute atomic E-state index is 13.5. The van der Waals surface area contributed by atoms with Crippen molar-refractivity contribution < 1.29 is 9.18 Å². The van der Waals surface area contributed by atoms with E-state index in [9.17, 15) is 9.18 Å². The fourth-order valence-electron chi connectivity index (χ4n) is 3.87. The Hall–Kier alpha value is -3.11. The third kappa shape index (κ3) is 3.44. The summed E-state index contributed by atoms with van der Waals surface area (Å²) in [4.78, 5) is 16.5. The van der Waals surface area contributed by atoms with Gasteiger partial charge in [-0.2, -0.15) is 5.10 Å². The highest BCUT2D eigenvalue weighted by Crippen LogP contribution is 2.42. The third-order valence-corrected chi connectivity index (χ3v) is 5.11. The maximum Gasteiger partial charge on any atom is 0.260 e. The molecule has 0 spiro atoms. The minimum atomic E-state index is -0.318. The zero-order chi connectivity index (χ0) is 18.6. The second kappa shape index (κ2) is 7.64. The molecule has 136 valence electrons. The number of hydrogen-bond acceptors (Lipinski definition) is 4. The summed E-state index contributed by atoms with van der Waals surface area (Å²) in [7, 11) is 0. The molecule has 0 saturated heterocycles. The fraction of sp³-hybridized carbons (Fsp3) is 0.286. The van der Waals surface area contributed by atoms with Crippen LogP contribution in [0.25, 0.3) is 22.4 Å². The number of aromatic nitrogens is 3. The number of pyridine rings is 1. The Morgan fingerprint density at radius 2 is 1.70 bits per heavy atom. The first-order valence-electron chi connectivity index (χ1n) is 9.15. The Balaban J connectivity index is 1.98. The number of carbonyl (C=O) groups excluding carboxylic acids is 1. The van der Waals surface area contributed by atoms with Gasteiger partial charge in [-0.25, -0.2) is 9.18 Å². The maximum atomic E-state index is 13.5. The molecule has 0 N–H and O–H groups in total. The van der Waals surface area contributed by atoms with Gasteiger partial charge in [-0.1, -0.05) is 24.4 Å². The Bertz CT molecular complexity index is 969. The van der Waals surface area contributed by atoms with Gasteiger partial charge in [0.25, 0.3) is 6.08 Å². The summed E-state index contributed by atoms with van der Waals surface area (Å²) < 4.78 is 13.5. The third-order valence-electron chi connectivity index (χ3n) is 5.11. The monoisotopic (exact) mass is 362 g/mol. The molecule has 3 aromatic rings. The van der Waals surface area contributed by atoms with Crippen molar-refractivity contribution in [1.82, 2.24) is 14.9 Å². The van der Waals surface area contributed by atoms with Crippen molar-refractivity contribution in [1.29, 1.82) is 0 Å². The first kappa shape index (κ1) is 17.3. The predicted octanol–water partition coefficient (Wildman–Crippen LogP) is 4.90. The molecule has 5 nitrogen and oxygen atoms in total. The second-order valence-electron chi connectivity index (χ2n) is 6.77. The van der Waals surface area contributed by atoms with Gasteiger partial charge < -0.3 is 0 Å². The Kier molecular flexibility index (Phi) is 4.90. The van der Waals surface area contributed by atoms with Gasteiger partial charge in [0.05, 0.1) is 5.69 Å². The van der Waals surface area contributed by atoms with E-state index < -0.39 is 0 Å². The van der Waals surface area contributed by atoms with Crippen LogP contribution in [0.5, 0.6) is 0 Å². The van der Waals surface area contributed by atoms with Gasteiger partial charge in [0.1, 0.15) is 11.5 Å². The van der Waals surface area contributed by atoms with Gasteiger partial charge in [-0.15, -0.1) is 4.79 Å². The number of halogens is 1. The summed E-state index contributed by atoms with van der Waals surface area (Å²) in [5.41, 5.74) is 4.23. The molecule has 0 atom stereocenters. The number of hydrogen-bond donors (Lipinski definition) is 0. The van der Waals surface area contributed by atoms with Crippen LogP contribution in [0.2, 0.25) is 0 Å². The van der Waals surface area contributed by atoms with Crippen LogP contribution in [0.1, 0.15) is 43.7 Å². The van der Waals surface area contributed by atoms with Gasteiger partial charge in [0.2, 0.25) is 0 Å². The largest absolute Gasteiger partial charge is 0.265 e. The predicted molar refractivity (Wildman–Crippen MR) is 100 cm³/mol. The average molecular weight is 362 g/mol. The summed E-state index contributed by atoms with van der Waals surface area (Å²) >= 11 is 0. The lowest BCUT2D eigenvalue weighted by Crippen LogP contribution is -2.06. The molecule has 0 radical (unpaired) electrons. The van der Waals surface area contributed by atoms with Gasteiger partial charge >= 0.3 is 0 Å². The normalized spacial score (nSPS) is 14.7. The van der Waals surface area contributed by atoms with E-state index in [4.69, 9.17) is 0 Å². The quantitative estimate of drug-likeness (QED) is 0.490. The van der Waals surface area contributed by atoms with Gasteiger partial charge in [-0.3, -0.25) is 4.98 Å². The zero-order valence-electron chi connectivity index (χ0n) is 14.8. The van der Waals surface area contributed by atoms with Crippen LogP contribution in [0.4, 0.5) is 4.39 Å². The van der Waals surface area contributed by atoms with Crippen molar-refractivity contribution in [3.05, 3.63) is 60.3 Å². The molecule has 4 rings (SSSR count). The highest BCUT2D eigenvalue weighted by atomic mass is 19.1. The molecule has 0 amide bonds. The molecule has 1 saturated carbocycles. The van der Waals surface area contributed by atoms with E-state index in [1.54, 1.807) is 30.6 Å². The number of isocyanates is 1. The van der Waals surface area contributed by atoms with Crippen LogP contribution in [-0.4, -0.2) is 21.0 Å². The van der Waals surface area contributed by atoms with Crippen LogP contribution in [-0.2, 0) is 4.79 Å². The summed E-state index contributed by atoms with van der Waals surface area (Å²) in [5.74, 6) is -0.00844. The van der Waals surface area contributed by atoms with Crippen LogP contribution in [0.15, 0.2) is 53.9 Å². The lowest BCUT2D eigenvalue weighted by Gasteiger charge is -2.21. The first-order chi connectivity index (χ1) is 13.3. The van der Waals surface area contributed by atoms with Crippen LogP contribution in [0.3, 0.4) is 0 Å². The van der Waals surface area contributed by atoms with Gasteiger partial charge in [-0.05, 0) is 54.8 Å². The van der Waals surface area contributed by atoms with Crippen molar-refractivity contribution >= 4 is 6.08 Å². The summed E-state index contributed by atoms with van der Waals surface area (Å²) in [6, 6.07) is 10.00. The van der Waals surface area contributed by atoms with Crippen molar-refractivity contribution in [3.63, 3.8) is 0 Å². The zero-order valence-corrected chi connectivity index (χ0v) is 14.8.